The van der Waals surface area contributed by atoms with Gasteiger partial charge >= 0.3 is 0 Å². The van der Waals surface area contributed by atoms with Crippen molar-refractivity contribution in [1.82, 2.24) is 10.2 Å². The van der Waals surface area contributed by atoms with Crippen LogP contribution in [0, 0.1) is 17.8 Å². The molecule has 1 heterocycles. The second-order valence-corrected chi connectivity index (χ2v) is 7.38. The van der Waals surface area contributed by atoms with Crippen molar-refractivity contribution >= 4 is 23.5 Å². The summed E-state index contributed by atoms with van der Waals surface area (Å²) in [6.45, 7) is 8.96. The Labute approximate surface area is 155 Å². The Bertz CT molecular complexity index is 516. The van der Waals surface area contributed by atoms with Gasteiger partial charge in [0, 0.05) is 50.8 Å². The highest BCUT2D eigenvalue weighted by atomic mass is 16.5. The maximum absolute atomic E-state index is 12.1. The standard InChI is InChI=1S/C19H32N2O5/c1-13(2)15-12-18(24)21(19(15)25)9-7-17(23)20-8-11-26-10-5-6-16(22)14(3)4/h13-15H,5-12H2,1-4H3,(H,20,23). The number of nitrogens with zero attached hydrogens (tertiary/aromatic N) is 1. The normalized spacial score (nSPS) is 17.5. The first-order valence-corrected chi connectivity index (χ1v) is 9.45. The molecule has 1 atom stereocenters. The molecular weight excluding hydrogens is 336 g/mol. The topological polar surface area (TPSA) is 92.8 Å². The average molecular weight is 368 g/mol. The molecule has 7 nitrogen and oxygen atoms in total. The first-order valence-electron chi connectivity index (χ1n) is 9.45. The van der Waals surface area contributed by atoms with Crippen LogP contribution < -0.4 is 5.32 Å². The summed E-state index contributed by atoms with van der Waals surface area (Å²) in [6, 6.07) is 0. The van der Waals surface area contributed by atoms with Crippen LogP contribution in [-0.2, 0) is 23.9 Å². The van der Waals surface area contributed by atoms with Gasteiger partial charge in [-0.25, -0.2) is 0 Å². The minimum absolute atomic E-state index is 0.0551. The lowest BCUT2D eigenvalue weighted by Gasteiger charge is -2.16. The van der Waals surface area contributed by atoms with Crippen molar-refractivity contribution in [1.29, 1.82) is 0 Å². The van der Waals surface area contributed by atoms with Crippen molar-refractivity contribution in [2.24, 2.45) is 17.8 Å². The molecule has 0 aliphatic carbocycles. The molecule has 3 amide bonds. The van der Waals surface area contributed by atoms with Gasteiger partial charge in [-0.3, -0.25) is 24.1 Å². The van der Waals surface area contributed by atoms with Crippen LogP contribution in [0.25, 0.3) is 0 Å². The molecule has 0 aromatic heterocycles. The lowest BCUT2D eigenvalue weighted by Crippen LogP contribution is -2.36. The molecule has 0 aromatic carbocycles. The van der Waals surface area contributed by atoms with Crippen molar-refractivity contribution in [3.8, 4) is 0 Å². The maximum atomic E-state index is 12.1. The zero-order valence-corrected chi connectivity index (χ0v) is 16.4. The van der Waals surface area contributed by atoms with Crippen LogP contribution in [0.3, 0.4) is 0 Å². The van der Waals surface area contributed by atoms with Gasteiger partial charge in [0.15, 0.2) is 0 Å². The fraction of sp³-hybridized carbons (Fsp3) is 0.789. The van der Waals surface area contributed by atoms with E-state index in [0.717, 1.165) is 0 Å². The lowest BCUT2D eigenvalue weighted by atomic mass is 9.94. The number of Topliss-reactive ketones (excluding diaryl/α,β-unsaturated/α-hetero) is 1. The number of ketones is 1. The van der Waals surface area contributed by atoms with Gasteiger partial charge in [-0.2, -0.15) is 0 Å². The predicted molar refractivity (Wildman–Crippen MR) is 97.2 cm³/mol. The molecule has 1 fully saturated rings. The summed E-state index contributed by atoms with van der Waals surface area (Å²) >= 11 is 0. The highest BCUT2D eigenvalue weighted by molar-refractivity contribution is 6.03. The van der Waals surface area contributed by atoms with Gasteiger partial charge in [0.05, 0.1) is 6.61 Å². The quantitative estimate of drug-likeness (QED) is 0.417. The number of hydrogen-bond acceptors (Lipinski definition) is 5. The molecule has 1 unspecified atom stereocenters. The summed E-state index contributed by atoms with van der Waals surface area (Å²) in [6.07, 6.45) is 1.54. The minimum Gasteiger partial charge on any atom is -0.380 e. The van der Waals surface area contributed by atoms with E-state index in [1.807, 2.05) is 27.7 Å². The lowest BCUT2D eigenvalue weighted by molar-refractivity contribution is -0.140. The number of hydrogen-bond donors (Lipinski definition) is 1. The SMILES string of the molecule is CC(C)C(=O)CCCOCCNC(=O)CCN1C(=O)CC(C(C)C)C1=O. The first kappa shape index (κ1) is 22.3. The monoisotopic (exact) mass is 368 g/mol. The molecular formula is C19H32N2O5. The highest BCUT2D eigenvalue weighted by Crippen LogP contribution is 2.26. The largest absolute Gasteiger partial charge is 0.380 e. The first-order chi connectivity index (χ1) is 12.2. The Morgan fingerprint density at radius 3 is 2.42 bits per heavy atom. The van der Waals surface area contributed by atoms with E-state index < -0.39 is 0 Å². The number of nitrogens with one attached hydrogen (secondary N) is 1. The van der Waals surface area contributed by atoms with Crippen molar-refractivity contribution in [2.45, 2.75) is 53.4 Å². The van der Waals surface area contributed by atoms with Crippen LogP contribution in [-0.4, -0.2) is 54.7 Å². The summed E-state index contributed by atoms with van der Waals surface area (Å²) in [5.41, 5.74) is 0. The third kappa shape index (κ3) is 7.23. The Morgan fingerprint density at radius 1 is 1.15 bits per heavy atom. The fourth-order valence-electron chi connectivity index (χ4n) is 2.77. The molecule has 0 saturated carbocycles. The van der Waals surface area contributed by atoms with E-state index in [2.05, 4.69) is 5.32 Å². The molecule has 26 heavy (non-hydrogen) atoms. The summed E-state index contributed by atoms with van der Waals surface area (Å²) in [4.78, 5) is 48.5. The molecule has 7 heteroatoms. The zero-order chi connectivity index (χ0) is 19.7. The van der Waals surface area contributed by atoms with Crippen molar-refractivity contribution in [3.05, 3.63) is 0 Å². The molecule has 0 aromatic rings. The van der Waals surface area contributed by atoms with E-state index in [9.17, 15) is 19.2 Å². The average Bonchev–Trinajstić information content (AvgIpc) is 2.86. The number of rotatable bonds is 12. The van der Waals surface area contributed by atoms with Crippen LogP contribution in [0.4, 0.5) is 0 Å². The van der Waals surface area contributed by atoms with Crippen LogP contribution in [0.5, 0.6) is 0 Å². The number of imide groups is 1. The Hall–Kier alpha value is -1.76. The molecule has 1 saturated heterocycles. The van der Waals surface area contributed by atoms with Gasteiger partial charge in [0.2, 0.25) is 17.7 Å². The maximum Gasteiger partial charge on any atom is 0.233 e. The van der Waals surface area contributed by atoms with Crippen molar-refractivity contribution in [3.63, 3.8) is 0 Å². The second kappa shape index (κ2) is 11.1. The van der Waals surface area contributed by atoms with E-state index in [-0.39, 0.29) is 60.6 Å². The zero-order valence-electron chi connectivity index (χ0n) is 16.4. The number of amides is 3. The van der Waals surface area contributed by atoms with Gasteiger partial charge in [-0.15, -0.1) is 0 Å². The Kier molecular flexibility index (Phi) is 9.48. The van der Waals surface area contributed by atoms with Crippen LogP contribution in [0.15, 0.2) is 0 Å². The molecule has 0 radical (unpaired) electrons. The number of carbonyl (C=O) groups excluding carboxylic acids is 4. The number of ether oxygens (including phenoxy) is 1. The van der Waals surface area contributed by atoms with E-state index in [4.69, 9.17) is 4.74 Å². The molecule has 148 valence electrons. The molecule has 0 spiro atoms. The van der Waals surface area contributed by atoms with Crippen LogP contribution in [0.2, 0.25) is 0 Å². The van der Waals surface area contributed by atoms with Crippen LogP contribution >= 0.6 is 0 Å². The predicted octanol–water partition coefficient (Wildman–Crippen LogP) is 1.55. The van der Waals surface area contributed by atoms with Crippen molar-refractivity contribution < 1.29 is 23.9 Å². The van der Waals surface area contributed by atoms with E-state index in [1.54, 1.807) is 0 Å². The Balaban J connectivity index is 2.11. The van der Waals surface area contributed by atoms with Crippen LogP contribution in [0.1, 0.15) is 53.4 Å². The van der Waals surface area contributed by atoms with Gasteiger partial charge < -0.3 is 10.1 Å². The third-order valence-corrected chi connectivity index (χ3v) is 4.57. The van der Waals surface area contributed by atoms with E-state index >= 15 is 0 Å². The molecule has 1 aliphatic heterocycles. The highest BCUT2D eigenvalue weighted by Gasteiger charge is 2.39. The molecule has 1 N–H and O–H groups in total. The van der Waals surface area contributed by atoms with Gasteiger partial charge in [-0.05, 0) is 12.3 Å². The van der Waals surface area contributed by atoms with Gasteiger partial charge in [-0.1, -0.05) is 27.7 Å². The van der Waals surface area contributed by atoms with Crippen molar-refractivity contribution in [2.75, 3.05) is 26.3 Å². The fourth-order valence-corrected chi connectivity index (χ4v) is 2.77. The molecule has 1 aliphatic rings. The molecule has 1 rings (SSSR count). The number of likely N-dealkylation sites (tertiary alicyclic amines) is 1. The minimum atomic E-state index is -0.262. The van der Waals surface area contributed by atoms with E-state index in [1.165, 1.54) is 4.90 Å². The van der Waals surface area contributed by atoms with E-state index in [0.29, 0.717) is 32.6 Å². The third-order valence-electron chi connectivity index (χ3n) is 4.57. The molecule has 0 bridgehead atoms. The summed E-state index contributed by atoms with van der Waals surface area (Å²) < 4.78 is 5.38. The number of carbonyl (C=O) groups is 4. The summed E-state index contributed by atoms with van der Waals surface area (Å²) in [5.74, 6) is -0.429. The Morgan fingerprint density at radius 2 is 1.85 bits per heavy atom. The summed E-state index contributed by atoms with van der Waals surface area (Å²) in [5, 5.41) is 2.71. The second-order valence-electron chi connectivity index (χ2n) is 7.38. The van der Waals surface area contributed by atoms with Gasteiger partial charge in [0.25, 0.3) is 0 Å². The summed E-state index contributed by atoms with van der Waals surface area (Å²) in [7, 11) is 0. The van der Waals surface area contributed by atoms with Gasteiger partial charge in [0.1, 0.15) is 5.78 Å². The smallest absolute Gasteiger partial charge is 0.233 e.